The number of alkyl halides is 1. The zero-order valence-electron chi connectivity index (χ0n) is 12.6. The quantitative estimate of drug-likeness (QED) is 0.749. The minimum absolute atomic E-state index is 0.00401. The van der Waals surface area contributed by atoms with Crippen molar-refractivity contribution in [1.29, 1.82) is 0 Å². The molecule has 2 rings (SSSR count). The van der Waals surface area contributed by atoms with Gasteiger partial charge in [-0.15, -0.1) is 11.6 Å². The lowest BCUT2D eigenvalue weighted by Gasteiger charge is -2.34. The molecule has 0 spiro atoms. The van der Waals surface area contributed by atoms with E-state index in [4.69, 9.17) is 16.3 Å². The molecule has 116 valence electrons. The van der Waals surface area contributed by atoms with Crippen LogP contribution in [-0.4, -0.2) is 30.5 Å². The normalized spacial score (nSPS) is 22.4. The molecule has 0 saturated heterocycles. The second-order valence-corrected chi connectivity index (χ2v) is 6.04. The largest absolute Gasteiger partial charge is 0.378 e. The van der Waals surface area contributed by atoms with Gasteiger partial charge in [0.05, 0.1) is 6.10 Å². The van der Waals surface area contributed by atoms with Gasteiger partial charge < -0.3 is 10.1 Å². The van der Waals surface area contributed by atoms with E-state index in [1.807, 2.05) is 25.1 Å². The predicted molar refractivity (Wildman–Crippen MR) is 85.6 cm³/mol. The molecule has 1 fully saturated rings. The van der Waals surface area contributed by atoms with Crippen molar-refractivity contribution in [2.45, 2.75) is 44.8 Å². The first-order valence-corrected chi connectivity index (χ1v) is 8.25. The minimum Gasteiger partial charge on any atom is -0.378 e. The molecule has 1 aromatic rings. The highest BCUT2D eigenvalue weighted by Crippen LogP contribution is 2.32. The average molecular weight is 310 g/mol. The number of nitrogens with one attached hydrogen (secondary N) is 1. The maximum atomic E-state index is 12.1. The summed E-state index contributed by atoms with van der Waals surface area (Å²) in [4.78, 5) is 12.1. The second kappa shape index (κ2) is 8.40. The maximum absolute atomic E-state index is 12.1. The number of halogens is 1. The Morgan fingerprint density at radius 2 is 2.10 bits per heavy atom. The lowest BCUT2D eigenvalue weighted by atomic mass is 9.80. The van der Waals surface area contributed by atoms with Crippen LogP contribution in [0.2, 0.25) is 0 Å². The van der Waals surface area contributed by atoms with Gasteiger partial charge in [-0.05, 0) is 37.7 Å². The Morgan fingerprint density at radius 1 is 1.38 bits per heavy atom. The van der Waals surface area contributed by atoms with Crippen LogP contribution < -0.4 is 5.32 Å². The number of carbonyl (C=O) groups excluding carboxylic acids is 1. The molecule has 1 N–H and O–H groups in total. The van der Waals surface area contributed by atoms with Crippen LogP contribution in [0, 0.1) is 5.92 Å². The topological polar surface area (TPSA) is 38.3 Å². The van der Waals surface area contributed by atoms with E-state index in [1.165, 1.54) is 5.56 Å². The molecular formula is C17H24ClNO2. The van der Waals surface area contributed by atoms with Gasteiger partial charge in [0, 0.05) is 24.9 Å². The van der Waals surface area contributed by atoms with Crippen LogP contribution in [-0.2, 0) is 16.0 Å². The molecular weight excluding hydrogens is 286 g/mol. The maximum Gasteiger partial charge on any atom is 0.220 e. The number of carbonyl (C=O) groups is 1. The highest BCUT2D eigenvalue weighted by molar-refractivity contribution is 6.18. The van der Waals surface area contributed by atoms with E-state index in [-0.39, 0.29) is 11.9 Å². The lowest BCUT2D eigenvalue weighted by Crippen LogP contribution is -2.41. The fourth-order valence-corrected chi connectivity index (χ4v) is 2.99. The zero-order valence-corrected chi connectivity index (χ0v) is 13.3. The monoisotopic (exact) mass is 309 g/mol. The average Bonchev–Trinajstić information content (AvgIpc) is 2.45. The Hall–Kier alpha value is -1.06. The summed E-state index contributed by atoms with van der Waals surface area (Å²) in [5.41, 5.74) is 1.20. The van der Waals surface area contributed by atoms with E-state index in [0.29, 0.717) is 24.3 Å². The van der Waals surface area contributed by atoms with Gasteiger partial charge in [0.25, 0.3) is 0 Å². The molecule has 0 aliphatic heterocycles. The van der Waals surface area contributed by atoms with Crippen LogP contribution in [0.15, 0.2) is 30.3 Å². The summed E-state index contributed by atoms with van der Waals surface area (Å²) in [6.07, 6.45) is 3.74. The summed E-state index contributed by atoms with van der Waals surface area (Å²) >= 11 is 5.98. The second-order valence-electron chi connectivity index (χ2n) is 5.73. The van der Waals surface area contributed by atoms with Crippen LogP contribution >= 0.6 is 11.6 Å². The highest BCUT2D eigenvalue weighted by atomic mass is 35.5. The van der Waals surface area contributed by atoms with Gasteiger partial charge in [0.2, 0.25) is 5.91 Å². The summed E-state index contributed by atoms with van der Waals surface area (Å²) in [6, 6.07) is 10.1. The summed E-state index contributed by atoms with van der Waals surface area (Å²) in [7, 11) is 0. The highest BCUT2D eigenvalue weighted by Gasteiger charge is 2.31. The van der Waals surface area contributed by atoms with Crippen molar-refractivity contribution in [1.82, 2.24) is 5.32 Å². The molecule has 4 heteroatoms. The van der Waals surface area contributed by atoms with Crippen molar-refractivity contribution in [3.63, 3.8) is 0 Å². The molecule has 1 amide bonds. The van der Waals surface area contributed by atoms with Gasteiger partial charge in [-0.2, -0.15) is 0 Å². The first kappa shape index (κ1) is 16.3. The molecule has 0 radical (unpaired) electrons. The minimum atomic E-state index is 0.00401. The molecule has 1 atom stereocenters. The number of benzene rings is 1. The number of rotatable bonds is 8. The Kier molecular flexibility index (Phi) is 6.52. The Morgan fingerprint density at radius 3 is 2.71 bits per heavy atom. The lowest BCUT2D eigenvalue weighted by molar-refractivity contribution is -0.124. The van der Waals surface area contributed by atoms with Gasteiger partial charge in [0.15, 0.2) is 0 Å². The number of hydrogen-bond donors (Lipinski definition) is 1. The van der Waals surface area contributed by atoms with E-state index in [0.717, 1.165) is 25.9 Å². The van der Waals surface area contributed by atoms with Crippen molar-refractivity contribution in [3.8, 4) is 0 Å². The molecule has 0 heterocycles. The third-order valence-electron chi connectivity index (χ3n) is 3.95. The number of amides is 1. The first-order chi connectivity index (χ1) is 10.2. The third-order valence-corrected chi connectivity index (χ3v) is 4.32. The van der Waals surface area contributed by atoms with Gasteiger partial charge in [-0.3, -0.25) is 4.79 Å². The van der Waals surface area contributed by atoms with E-state index in [1.54, 1.807) is 0 Å². The Labute approximate surface area is 132 Å². The molecule has 1 saturated carbocycles. The van der Waals surface area contributed by atoms with Crippen LogP contribution in [0.25, 0.3) is 0 Å². The molecule has 1 aromatic carbocycles. The molecule has 21 heavy (non-hydrogen) atoms. The SMILES string of the molecule is CCOC1CC(CC(=O)NC(CCl)Cc2ccccc2)C1. The number of hydrogen-bond acceptors (Lipinski definition) is 2. The molecule has 1 unspecified atom stereocenters. The van der Waals surface area contributed by atoms with Crippen LogP contribution in [0.4, 0.5) is 0 Å². The first-order valence-electron chi connectivity index (χ1n) is 7.72. The predicted octanol–water partition coefficient (Wildman–Crippen LogP) is 3.16. The van der Waals surface area contributed by atoms with Gasteiger partial charge in [-0.25, -0.2) is 0 Å². The van der Waals surface area contributed by atoms with Crippen molar-refractivity contribution < 1.29 is 9.53 Å². The van der Waals surface area contributed by atoms with E-state index >= 15 is 0 Å². The fourth-order valence-electron chi connectivity index (χ4n) is 2.80. The van der Waals surface area contributed by atoms with Crippen molar-refractivity contribution in [3.05, 3.63) is 35.9 Å². The standard InChI is InChI=1S/C17H24ClNO2/c1-2-21-16-9-14(10-16)11-17(20)19-15(12-18)8-13-6-4-3-5-7-13/h3-7,14-16H,2,8-12H2,1H3,(H,19,20). The van der Waals surface area contributed by atoms with Crippen LogP contribution in [0.5, 0.6) is 0 Å². The molecule has 3 nitrogen and oxygen atoms in total. The van der Waals surface area contributed by atoms with Gasteiger partial charge in [0.1, 0.15) is 0 Å². The molecule has 0 bridgehead atoms. The van der Waals surface area contributed by atoms with E-state index in [2.05, 4.69) is 17.4 Å². The Bertz CT molecular complexity index is 432. The van der Waals surface area contributed by atoms with Crippen molar-refractivity contribution in [2.24, 2.45) is 5.92 Å². The van der Waals surface area contributed by atoms with E-state index < -0.39 is 0 Å². The van der Waals surface area contributed by atoms with Gasteiger partial charge in [-0.1, -0.05) is 30.3 Å². The Balaban J connectivity index is 1.71. The molecule has 1 aliphatic carbocycles. The molecule has 1 aliphatic rings. The van der Waals surface area contributed by atoms with Crippen LogP contribution in [0.1, 0.15) is 31.7 Å². The molecule has 0 aromatic heterocycles. The fraction of sp³-hybridized carbons (Fsp3) is 0.588. The third kappa shape index (κ3) is 5.33. The van der Waals surface area contributed by atoms with Crippen LogP contribution in [0.3, 0.4) is 0 Å². The van der Waals surface area contributed by atoms with E-state index in [9.17, 15) is 4.79 Å². The smallest absolute Gasteiger partial charge is 0.220 e. The van der Waals surface area contributed by atoms with Crippen molar-refractivity contribution >= 4 is 17.5 Å². The van der Waals surface area contributed by atoms with Gasteiger partial charge >= 0.3 is 0 Å². The summed E-state index contributed by atoms with van der Waals surface area (Å²) < 4.78 is 5.52. The van der Waals surface area contributed by atoms with Crippen molar-refractivity contribution in [2.75, 3.05) is 12.5 Å². The summed E-state index contributed by atoms with van der Waals surface area (Å²) in [5.74, 6) is 1.01. The summed E-state index contributed by atoms with van der Waals surface area (Å²) in [5, 5.41) is 3.05. The zero-order chi connectivity index (χ0) is 15.1. The number of ether oxygens (including phenoxy) is 1. The summed E-state index contributed by atoms with van der Waals surface area (Å²) in [6.45, 7) is 2.77.